The van der Waals surface area contributed by atoms with Crippen LogP contribution in [0, 0.1) is 0 Å². The molecule has 0 saturated heterocycles. The second-order valence-electron chi connectivity index (χ2n) is 3.63. The number of benzene rings is 1. The molecule has 4 nitrogen and oxygen atoms in total. The first-order valence-corrected chi connectivity index (χ1v) is 8.50. The summed E-state index contributed by atoms with van der Waals surface area (Å²) in [6.45, 7) is 0. The molecule has 9 heteroatoms. The number of sulfonamides is 1. The molecule has 0 spiro atoms. The van der Waals surface area contributed by atoms with E-state index in [1.807, 2.05) is 0 Å². The first-order chi connectivity index (χ1) is 9.33. The molecule has 1 N–H and O–H groups in total. The van der Waals surface area contributed by atoms with Gasteiger partial charge >= 0.3 is 0 Å². The van der Waals surface area contributed by atoms with Gasteiger partial charge < -0.3 is 0 Å². The fourth-order valence-corrected chi connectivity index (χ4v) is 3.75. The van der Waals surface area contributed by atoms with Gasteiger partial charge in [-0.2, -0.15) is 0 Å². The van der Waals surface area contributed by atoms with Crippen LogP contribution in [0.3, 0.4) is 0 Å². The van der Waals surface area contributed by atoms with E-state index in [-0.39, 0.29) is 25.7 Å². The Morgan fingerprint density at radius 2 is 1.80 bits per heavy atom. The van der Waals surface area contributed by atoms with Crippen LogP contribution in [0.1, 0.15) is 0 Å². The van der Waals surface area contributed by atoms with E-state index >= 15 is 0 Å². The highest BCUT2D eigenvalue weighted by Crippen LogP contribution is 2.37. The van der Waals surface area contributed by atoms with E-state index in [1.165, 1.54) is 18.3 Å². The van der Waals surface area contributed by atoms with Gasteiger partial charge in [-0.05, 0) is 34.1 Å². The lowest BCUT2D eigenvalue weighted by Gasteiger charge is -2.11. The minimum absolute atomic E-state index is 0.0619. The topological polar surface area (TPSA) is 59.1 Å². The minimum Gasteiger partial charge on any atom is -0.278 e. The highest BCUT2D eigenvalue weighted by Gasteiger charge is 2.20. The van der Waals surface area contributed by atoms with Crippen LogP contribution in [-0.2, 0) is 10.0 Å². The van der Waals surface area contributed by atoms with E-state index in [0.29, 0.717) is 4.47 Å². The van der Waals surface area contributed by atoms with Crippen molar-refractivity contribution >= 4 is 66.4 Å². The Morgan fingerprint density at radius 1 is 1.10 bits per heavy atom. The average molecular weight is 417 g/mol. The smallest absolute Gasteiger partial charge is 0.264 e. The number of nitrogens with zero attached hydrogens (tertiary/aromatic N) is 1. The number of pyridine rings is 1. The van der Waals surface area contributed by atoms with Crippen molar-refractivity contribution in [2.45, 2.75) is 4.90 Å². The Morgan fingerprint density at radius 3 is 2.45 bits per heavy atom. The SMILES string of the molecule is O=S(=O)(Nc1ccc(Br)c(Cl)c1Cl)c1cnccc1Cl. The summed E-state index contributed by atoms with van der Waals surface area (Å²) in [7, 11) is -3.90. The molecule has 2 rings (SSSR count). The third-order valence-corrected chi connectivity index (χ3v) is 5.91. The van der Waals surface area contributed by atoms with Gasteiger partial charge in [0.2, 0.25) is 0 Å². The van der Waals surface area contributed by atoms with Gasteiger partial charge in [0.05, 0.1) is 20.8 Å². The van der Waals surface area contributed by atoms with E-state index in [0.717, 1.165) is 6.20 Å². The van der Waals surface area contributed by atoms with Gasteiger partial charge in [0, 0.05) is 16.9 Å². The Hall–Kier alpha value is -0.530. The first-order valence-electron chi connectivity index (χ1n) is 5.09. The molecule has 0 aliphatic rings. The van der Waals surface area contributed by atoms with Gasteiger partial charge in [0.15, 0.2) is 0 Å². The number of halogens is 4. The van der Waals surface area contributed by atoms with Gasteiger partial charge in [-0.25, -0.2) is 8.42 Å². The van der Waals surface area contributed by atoms with Crippen molar-refractivity contribution in [3.8, 4) is 0 Å². The predicted molar refractivity (Wildman–Crippen MR) is 84.2 cm³/mol. The molecule has 20 heavy (non-hydrogen) atoms. The predicted octanol–water partition coefficient (Wildman–Crippen LogP) is 4.61. The largest absolute Gasteiger partial charge is 0.278 e. The second kappa shape index (κ2) is 6.07. The first kappa shape index (κ1) is 15.9. The van der Waals surface area contributed by atoms with Crippen LogP contribution < -0.4 is 4.72 Å². The molecular formula is C11H6BrCl3N2O2S. The Kier molecular flexibility index (Phi) is 4.81. The van der Waals surface area contributed by atoms with E-state index in [4.69, 9.17) is 34.8 Å². The summed E-state index contributed by atoms with van der Waals surface area (Å²) in [5, 5.41) is 0.362. The molecule has 0 aliphatic heterocycles. The van der Waals surface area contributed by atoms with E-state index < -0.39 is 10.0 Å². The standard InChI is InChI=1S/C11H6BrCl3N2O2S/c12-6-1-2-8(11(15)10(6)14)17-20(18,19)9-5-16-4-3-7(9)13/h1-5,17H. The van der Waals surface area contributed by atoms with Crippen molar-refractivity contribution in [1.82, 2.24) is 4.98 Å². The third-order valence-electron chi connectivity index (χ3n) is 2.30. The van der Waals surface area contributed by atoms with Crippen molar-refractivity contribution in [1.29, 1.82) is 0 Å². The molecule has 2 aromatic rings. The van der Waals surface area contributed by atoms with Crippen molar-refractivity contribution in [2.75, 3.05) is 4.72 Å². The highest BCUT2D eigenvalue weighted by molar-refractivity contribution is 9.10. The number of aromatic nitrogens is 1. The molecule has 0 radical (unpaired) electrons. The van der Waals surface area contributed by atoms with Crippen molar-refractivity contribution in [3.05, 3.63) is 50.1 Å². The van der Waals surface area contributed by atoms with Gasteiger partial charge in [-0.3, -0.25) is 9.71 Å². The monoisotopic (exact) mass is 414 g/mol. The van der Waals surface area contributed by atoms with Crippen LogP contribution in [0.15, 0.2) is 40.0 Å². The molecule has 0 bridgehead atoms. The van der Waals surface area contributed by atoms with Crippen LogP contribution in [0.4, 0.5) is 5.69 Å². The van der Waals surface area contributed by atoms with Gasteiger partial charge in [0.25, 0.3) is 10.0 Å². The van der Waals surface area contributed by atoms with Gasteiger partial charge in [-0.1, -0.05) is 34.8 Å². The van der Waals surface area contributed by atoms with Crippen LogP contribution in [0.5, 0.6) is 0 Å². The molecule has 1 heterocycles. The van der Waals surface area contributed by atoms with Gasteiger partial charge in [0.1, 0.15) is 4.90 Å². The van der Waals surface area contributed by atoms with Crippen molar-refractivity contribution < 1.29 is 8.42 Å². The molecule has 106 valence electrons. The Labute approximate surface area is 139 Å². The van der Waals surface area contributed by atoms with Crippen molar-refractivity contribution in [3.63, 3.8) is 0 Å². The zero-order chi connectivity index (χ0) is 14.9. The normalized spacial score (nSPS) is 11.4. The lowest BCUT2D eigenvalue weighted by Crippen LogP contribution is -2.14. The zero-order valence-electron chi connectivity index (χ0n) is 9.57. The molecule has 0 saturated carbocycles. The van der Waals surface area contributed by atoms with E-state index in [9.17, 15) is 8.42 Å². The summed E-state index contributed by atoms with van der Waals surface area (Å²) < 4.78 is 27.3. The zero-order valence-corrected chi connectivity index (χ0v) is 14.2. The maximum absolute atomic E-state index is 12.2. The summed E-state index contributed by atoms with van der Waals surface area (Å²) in [6, 6.07) is 4.45. The highest BCUT2D eigenvalue weighted by atomic mass is 79.9. The molecule has 0 fully saturated rings. The fraction of sp³-hybridized carbons (Fsp3) is 0. The maximum Gasteiger partial charge on any atom is 0.264 e. The summed E-state index contributed by atoms with van der Waals surface area (Å²) in [5.74, 6) is 0. The number of hydrogen-bond acceptors (Lipinski definition) is 3. The number of nitrogens with one attached hydrogen (secondary N) is 1. The van der Waals surface area contributed by atoms with Crippen LogP contribution in [-0.4, -0.2) is 13.4 Å². The summed E-state index contributed by atoms with van der Waals surface area (Å²) in [5.41, 5.74) is 0.153. The van der Waals surface area contributed by atoms with E-state index in [1.54, 1.807) is 6.07 Å². The van der Waals surface area contributed by atoms with Crippen LogP contribution in [0.2, 0.25) is 15.1 Å². The summed E-state index contributed by atoms with van der Waals surface area (Å²) in [4.78, 5) is 3.60. The minimum atomic E-state index is -3.90. The van der Waals surface area contributed by atoms with Crippen LogP contribution >= 0.6 is 50.7 Å². The average Bonchev–Trinajstić information content (AvgIpc) is 2.40. The molecule has 0 atom stereocenters. The number of hydrogen-bond donors (Lipinski definition) is 1. The van der Waals surface area contributed by atoms with Gasteiger partial charge in [-0.15, -0.1) is 0 Å². The lowest BCUT2D eigenvalue weighted by atomic mass is 10.3. The third kappa shape index (κ3) is 3.20. The Balaban J connectivity index is 2.45. The second-order valence-corrected chi connectivity index (χ2v) is 7.30. The molecule has 0 aliphatic carbocycles. The molecular weight excluding hydrogens is 410 g/mol. The van der Waals surface area contributed by atoms with E-state index in [2.05, 4.69) is 25.6 Å². The van der Waals surface area contributed by atoms with Crippen molar-refractivity contribution in [2.24, 2.45) is 0 Å². The lowest BCUT2D eigenvalue weighted by molar-refractivity contribution is 0.601. The molecule has 1 aromatic carbocycles. The summed E-state index contributed by atoms with van der Waals surface area (Å²) >= 11 is 21.0. The number of rotatable bonds is 3. The Bertz CT molecular complexity index is 768. The molecule has 1 aromatic heterocycles. The fourth-order valence-electron chi connectivity index (χ4n) is 1.37. The number of anilines is 1. The quantitative estimate of drug-likeness (QED) is 0.744. The maximum atomic E-state index is 12.2. The molecule has 0 unspecified atom stereocenters. The summed E-state index contributed by atoms with van der Waals surface area (Å²) in [6.07, 6.45) is 2.55. The molecule has 0 amide bonds. The van der Waals surface area contributed by atoms with Crippen LogP contribution in [0.25, 0.3) is 0 Å².